The number of hydrogen-bond acceptors (Lipinski definition) is 8. The van der Waals surface area contributed by atoms with Gasteiger partial charge in [-0.2, -0.15) is 0 Å². The Bertz CT molecular complexity index is 1580. The van der Waals surface area contributed by atoms with Gasteiger partial charge in [0.2, 0.25) is 0 Å². The van der Waals surface area contributed by atoms with Crippen LogP contribution in [0.5, 0.6) is 11.5 Å². The molecule has 0 aromatic heterocycles. The van der Waals surface area contributed by atoms with Gasteiger partial charge in [-0.05, 0) is 34.8 Å². The maximum absolute atomic E-state index is 13.3. The Morgan fingerprint density at radius 2 is 0.896 bits per heavy atom. The molecule has 2 aliphatic carbocycles. The van der Waals surface area contributed by atoms with Gasteiger partial charge in [0.25, 0.3) is 0 Å². The minimum absolute atomic E-state index is 0.0394. The van der Waals surface area contributed by atoms with Crippen LogP contribution in [0.2, 0.25) is 30.1 Å². The van der Waals surface area contributed by atoms with E-state index in [2.05, 4.69) is 41.5 Å². The number of ether oxygens (including phenoxy) is 4. The van der Waals surface area contributed by atoms with E-state index in [1.807, 2.05) is 13.8 Å². The molecule has 4 unspecified atom stereocenters. The van der Waals surface area contributed by atoms with Gasteiger partial charge in [0.15, 0.2) is 11.5 Å². The summed E-state index contributed by atoms with van der Waals surface area (Å²) in [4.78, 5) is 52.8. The lowest BCUT2D eigenvalue weighted by molar-refractivity contribution is -0.156. The zero-order valence-corrected chi connectivity index (χ0v) is 32.2. The van der Waals surface area contributed by atoms with Crippen LogP contribution in [0.25, 0.3) is 0 Å². The largest absolute Gasteiger partial charge is 0.461 e. The molecule has 2 fully saturated rings. The highest BCUT2D eigenvalue weighted by Crippen LogP contribution is 2.71. The zero-order chi connectivity index (χ0) is 36.3. The molecule has 262 valence electrons. The Hall–Kier alpha value is -1.94. The number of hydrogen-bond donors (Lipinski definition) is 0. The van der Waals surface area contributed by atoms with E-state index in [0.29, 0.717) is 11.8 Å². The van der Waals surface area contributed by atoms with E-state index in [9.17, 15) is 19.2 Å². The van der Waals surface area contributed by atoms with E-state index < -0.39 is 46.5 Å². The lowest BCUT2D eigenvalue weighted by atomic mass is 9.99. The third-order valence-corrected chi connectivity index (χ3v) is 13.2. The third-order valence-electron chi connectivity index (χ3n) is 11.1. The molecule has 0 saturated heterocycles. The Labute approximate surface area is 309 Å². The van der Waals surface area contributed by atoms with Crippen LogP contribution in [-0.4, -0.2) is 37.1 Å². The van der Waals surface area contributed by atoms with E-state index in [4.69, 9.17) is 88.6 Å². The summed E-state index contributed by atoms with van der Waals surface area (Å²) in [6, 6.07) is 2.26. The average molecular weight is 785 g/mol. The molecule has 2 saturated carbocycles. The maximum atomic E-state index is 13.3. The smallest absolute Gasteiger partial charge is 0.423 e. The highest BCUT2D eigenvalue weighted by Gasteiger charge is 2.68. The van der Waals surface area contributed by atoms with Crippen LogP contribution < -0.4 is 9.47 Å². The highest BCUT2D eigenvalue weighted by molar-refractivity contribution is 6.47. The zero-order valence-electron chi connectivity index (χ0n) is 27.7. The summed E-state index contributed by atoms with van der Waals surface area (Å²) in [6.07, 6.45) is 1.77. The van der Waals surface area contributed by atoms with Crippen molar-refractivity contribution in [2.75, 3.05) is 13.2 Å². The predicted molar refractivity (Wildman–Crippen MR) is 186 cm³/mol. The Morgan fingerprint density at radius 1 is 0.583 bits per heavy atom. The van der Waals surface area contributed by atoms with Crippen LogP contribution in [0.1, 0.15) is 88.9 Å². The molecule has 8 nitrogen and oxygen atoms in total. The van der Waals surface area contributed by atoms with Crippen molar-refractivity contribution >= 4 is 93.5 Å². The molecule has 0 bridgehead atoms. The van der Waals surface area contributed by atoms with E-state index in [-0.39, 0.29) is 65.0 Å². The quantitative estimate of drug-likeness (QED) is 0.101. The molecule has 0 heterocycles. The monoisotopic (exact) mass is 782 g/mol. The van der Waals surface area contributed by atoms with E-state index in [1.54, 1.807) is 0 Å². The van der Waals surface area contributed by atoms with Gasteiger partial charge in [0.1, 0.15) is 11.1 Å². The molecule has 0 aliphatic heterocycles. The second-order valence-electron chi connectivity index (χ2n) is 13.8. The molecule has 0 N–H and O–H groups in total. The summed E-state index contributed by atoms with van der Waals surface area (Å²) in [5.74, 6) is -5.82. The highest BCUT2D eigenvalue weighted by atomic mass is 35.5. The summed E-state index contributed by atoms with van der Waals surface area (Å²) >= 11 is 37.7. The molecule has 4 rings (SSSR count). The molecule has 2 aromatic rings. The summed E-state index contributed by atoms with van der Waals surface area (Å²) in [6.45, 7) is 16.5. The molecular weight excluding hydrogens is 749 g/mol. The van der Waals surface area contributed by atoms with Crippen molar-refractivity contribution in [3.05, 3.63) is 53.4 Å². The van der Waals surface area contributed by atoms with Gasteiger partial charge >= 0.3 is 23.9 Å². The molecule has 4 atom stereocenters. The average Bonchev–Trinajstić information content (AvgIpc) is 3.66. The second kappa shape index (κ2) is 13.6. The first kappa shape index (κ1) is 38.9. The molecule has 0 radical (unpaired) electrons. The van der Waals surface area contributed by atoms with Gasteiger partial charge in [-0.3, -0.25) is 0 Å². The van der Waals surface area contributed by atoms with Crippen LogP contribution in [-0.2, 0) is 19.1 Å². The number of halogens is 6. The van der Waals surface area contributed by atoms with Crippen molar-refractivity contribution in [3.63, 3.8) is 0 Å². The van der Waals surface area contributed by atoms with Gasteiger partial charge in [-0.15, -0.1) is 0 Å². The van der Waals surface area contributed by atoms with Crippen molar-refractivity contribution in [1.82, 2.24) is 0 Å². The number of rotatable bonds is 10. The first-order valence-electron chi connectivity index (χ1n) is 15.2. The topological polar surface area (TPSA) is 105 Å². The third kappa shape index (κ3) is 6.51. The Kier molecular flexibility index (Phi) is 11.0. The lowest BCUT2D eigenvalue weighted by Gasteiger charge is -2.18. The fourth-order valence-electron chi connectivity index (χ4n) is 7.46. The van der Waals surface area contributed by atoms with E-state index in [1.165, 1.54) is 0 Å². The Balaban J connectivity index is 1.57. The summed E-state index contributed by atoms with van der Waals surface area (Å²) in [5.41, 5.74) is -1.73. The fourth-order valence-corrected chi connectivity index (χ4v) is 8.89. The maximum Gasteiger partial charge on any atom is 0.423 e. The summed E-state index contributed by atoms with van der Waals surface area (Å²) < 4.78 is 21.7. The van der Waals surface area contributed by atoms with Crippen LogP contribution in [0.15, 0.2) is 12.1 Å². The minimum atomic E-state index is -1.65. The van der Waals surface area contributed by atoms with Crippen molar-refractivity contribution < 1.29 is 38.1 Å². The van der Waals surface area contributed by atoms with E-state index >= 15 is 0 Å². The fraction of sp³-hybridized carbons (Fsp3) is 0.529. The van der Waals surface area contributed by atoms with Crippen molar-refractivity contribution in [2.45, 2.75) is 68.2 Å². The second-order valence-corrected chi connectivity index (χ2v) is 16.2. The van der Waals surface area contributed by atoms with Crippen LogP contribution >= 0.6 is 69.6 Å². The molecular formula is C34H36Cl6O8. The molecule has 48 heavy (non-hydrogen) atoms. The van der Waals surface area contributed by atoms with Crippen molar-refractivity contribution in [1.29, 1.82) is 0 Å². The molecule has 2 aliphatic rings. The van der Waals surface area contributed by atoms with Crippen LogP contribution in [0.3, 0.4) is 0 Å². The number of benzene rings is 2. The molecule has 0 amide bonds. The van der Waals surface area contributed by atoms with Gasteiger partial charge in [0, 0.05) is 10.8 Å². The molecule has 14 heteroatoms. The molecule has 0 spiro atoms. The summed E-state index contributed by atoms with van der Waals surface area (Å²) in [5, 5.41) is -1.52. The van der Waals surface area contributed by atoms with Gasteiger partial charge in [-0.25, -0.2) is 19.2 Å². The van der Waals surface area contributed by atoms with Crippen molar-refractivity contribution in [2.24, 2.45) is 33.5 Å². The van der Waals surface area contributed by atoms with Gasteiger partial charge in [0.05, 0.1) is 43.3 Å². The normalized spacial score (nSPS) is 24.8. The van der Waals surface area contributed by atoms with Crippen LogP contribution in [0, 0.1) is 33.5 Å². The number of esters is 4. The first-order valence-corrected chi connectivity index (χ1v) is 17.5. The lowest BCUT2D eigenvalue weighted by Crippen LogP contribution is -2.28. The van der Waals surface area contributed by atoms with E-state index in [0.717, 1.165) is 25.0 Å². The van der Waals surface area contributed by atoms with Crippen molar-refractivity contribution in [3.8, 4) is 11.5 Å². The first-order chi connectivity index (χ1) is 22.1. The minimum Gasteiger partial charge on any atom is -0.461 e. The predicted octanol–water partition coefficient (Wildman–Crippen LogP) is 10.6. The summed E-state index contributed by atoms with van der Waals surface area (Å²) in [7, 11) is 0. The number of carbonyl (C=O) groups excluding carboxylic acids is 4. The Morgan fingerprint density at radius 3 is 1.17 bits per heavy atom. The van der Waals surface area contributed by atoms with Gasteiger partial charge < -0.3 is 18.9 Å². The molecule has 2 aromatic carbocycles. The number of carbonyl (C=O) groups is 4. The van der Waals surface area contributed by atoms with Gasteiger partial charge in [-0.1, -0.05) is 138 Å². The van der Waals surface area contributed by atoms with Crippen LogP contribution in [0.4, 0.5) is 0 Å². The SMILES string of the molecule is CCC1C(C)(C)C1(C)COC(=O)c1c(Cl)c(Cl)cc(Cl)c1OC(=O)C(=O)Oc1c(Cl)cc(Cl)c(Cl)c1C(=O)OCC1(C)C(CC)C1(C)C. The standard InChI is InChI=1S/C34H36Cl6O8/c1-9-19-31(3,4)33(19,7)13-45-27(41)21-23(39)15(35)11-17(37)25(21)47-29(43)30(44)48-26-18(38)12-16(36)24(40)22(26)28(42)46-14-34(8)20(10-2)32(34,5)6/h11-12,19-20H,9-10,13-14H2,1-8H3.